The summed E-state index contributed by atoms with van der Waals surface area (Å²) in [6, 6.07) is 0. The molecular weight excluding hydrogens is 479 g/mol. The van der Waals surface area contributed by atoms with E-state index in [2.05, 4.69) is 38.8 Å². The SMILES string of the molecule is C=CCC[O-].C=CCC[O-].C=CCC[O-].CCCCC1=[C]([Hf+3])CC=C1. The molecule has 25 heavy (non-hydrogen) atoms. The normalized spacial score (nSPS) is 11.3. The van der Waals surface area contributed by atoms with Gasteiger partial charge in [-0.05, 0) is 0 Å². The van der Waals surface area contributed by atoms with Crippen LogP contribution in [0, 0.1) is 0 Å². The number of hydrogen-bond donors (Lipinski definition) is 0. The van der Waals surface area contributed by atoms with E-state index in [9.17, 15) is 15.3 Å². The molecule has 3 nitrogen and oxygen atoms in total. The monoisotopic (exact) mass is 514 g/mol. The van der Waals surface area contributed by atoms with E-state index in [4.69, 9.17) is 0 Å². The number of hydrogen-bond acceptors (Lipinski definition) is 3. The van der Waals surface area contributed by atoms with Gasteiger partial charge >= 0.3 is 78.0 Å². The van der Waals surface area contributed by atoms with Crippen molar-refractivity contribution < 1.29 is 39.7 Å². The molecule has 0 aromatic heterocycles. The maximum absolute atomic E-state index is 9.46. The average molecular weight is 513 g/mol. The summed E-state index contributed by atoms with van der Waals surface area (Å²) in [6.45, 7) is 12.2. The van der Waals surface area contributed by atoms with Gasteiger partial charge in [-0.15, -0.1) is 39.6 Å². The molecule has 0 N–H and O–H groups in total. The fourth-order valence-electron chi connectivity index (χ4n) is 1.40. The molecule has 1 aliphatic rings. The molecule has 0 aliphatic heterocycles. The summed E-state index contributed by atoms with van der Waals surface area (Å²) in [6.07, 6.45) is 16.5. The molecule has 140 valence electrons. The molecule has 0 bridgehead atoms. The Morgan fingerprint density at radius 3 is 1.60 bits per heavy atom. The summed E-state index contributed by atoms with van der Waals surface area (Å²) < 4.78 is 1.72. The molecular formula is C21H34HfO3. The molecule has 1 aliphatic carbocycles. The van der Waals surface area contributed by atoms with Crippen LogP contribution in [-0.2, 0) is 24.4 Å². The predicted molar refractivity (Wildman–Crippen MR) is 99.4 cm³/mol. The Morgan fingerprint density at radius 1 is 0.960 bits per heavy atom. The van der Waals surface area contributed by atoms with E-state index >= 15 is 0 Å². The van der Waals surface area contributed by atoms with Gasteiger partial charge in [-0.3, -0.25) is 0 Å². The van der Waals surface area contributed by atoms with Crippen LogP contribution in [0.5, 0.6) is 0 Å². The van der Waals surface area contributed by atoms with Crippen LogP contribution in [0.4, 0.5) is 0 Å². The third-order valence-corrected chi connectivity index (χ3v) is 4.68. The van der Waals surface area contributed by atoms with Crippen LogP contribution in [0.25, 0.3) is 0 Å². The third-order valence-electron chi connectivity index (χ3n) is 2.79. The zero-order chi connectivity index (χ0) is 19.8. The van der Waals surface area contributed by atoms with E-state index in [1.54, 1.807) is 27.1 Å². The van der Waals surface area contributed by atoms with Gasteiger partial charge in [-0.2, -0.15) is 0 Å². The van der Waals surface area contributed by atoms with Crippen molar-refractivity contribution in [3.63, 3.8) is 0 Å². The van der Waals surface area contributed by atoms with Crippen molar-refractivity contribution in [2.24, 2.45) is 0 Å². The van der Waals surface area contributed by atoms with Crippen molar-refractivity contribution in [3.05, 3.63) is 59.0 Å². The van der Waals surface area contributed by atoms with Crippen LogP contribution in [0.15, 0.2) is 59.0 Å². The summed E-state index contributed by atoms with van der Waals surface area (Å²) in [5.74, 6) is 0. The van der Waals surface area contributed by atoms with Gasteiger partial charge in [0.15, 0.2) is 0 Å². The van der Waals surface area contributed by atoms with E-state index in [0.717, 1.165) is 0 Å². The van der Waals surface area contributed by atoms with Gasteiger partial charge < -0.3 is 15.3 Å². The van der Waals surface area contributed by atoms with E-state index in [-0.39, 0.29) is 19.8 Å². The van der Waals surface area contributed by atoms with Gasteiger partial charge in [0.2, 0.25) is 0 Å². The van der Waals surface area contributed by atoms with Gasteiger partial charge in [-0.25, -0.2) is 0 Å². The van der Waals surface area contributed by atoms with E-state index in [0.29, 0.717) is 19.3 Å². The standard InChI is InChI=1S/C9H13.3C4H7O.Hf/c1-2-3-6-9-7-4-5-8-9;3*1-2-3-4-5;/h4,7H,2-3,5-6H2,1H3;3*2H,1,3-4H2;/q;3*-1;+3. The molecule has 0 saturated carbocycles. The fourth-order valence-corrected chi connectivity index (χ4v) is 2.57. The van der Waals surface area contributed by atoms with E-state index in [1.165, 1.54) is 50.1 Å². The van der Waals surface area contributed by atoms with E-state index < -0.39 is 0 Å². The van der Waals surface area contributed by atoms with Gasteiger partial charge in [-0.1, -0.05) is 37.5 Å². The molecule has 0 aromatic carbocycles. The Hall–Kier alpha value is -0.550. The molecule has 0 unspecified atom stereocenters. The van der Waals surface area contributed by atoms with Crippen molar-refractivity contribution in [2.45, 2.75) is 51.9 Å². The quantitative estimate of drug-likeness (QED) is 0.352. The average Bonchev–Trinajstić information content (AvgIpc) is 3.02. The van der Waals surface area contributed by atoms with Crippen molar-refractivity contribution in [2.75, 3.05) is 19.8 Å². The van der Waals surface area contributed by atoms with Gasteiger partial charge in [0.1, 0.15) is 0 Å². The second kappa shape index (κ2) is 28.3. The van der Waals surface area contributed by atoms with Crippen LogP contribution < -0.4 is 15.3 Å². The molecule has 0 fully saturated rings. The topological polar surface area (TPSA) is 69.2 Å². The van der Waals surface area contributed by atoms with Crippen molar-refractivity contribution in [1.29, 1.82) is 0 Å². The minimum absolute atomic E-state index is 0.0243. The van der Waals surface area contributed by atoms with Crippen molar-refractivity contribution in [1.82, 2.24) is 0 Å². The second-order valence-corrected chi connectivity index (χ2v) is 7.23. The first-order chi connectivity index (χ1) is 12.1. The maximum atomic E-state index is 9.46. The Kier molecular flexibility index (Phi) is 33.0. The van der Waals surface area contributed by atoms with Gasteiger partial charge in [0.25, 0.3) is 0 Å². The minimum atomic E-state index is -0.0243. The Bertz CT molecular complexity index is 336. The molecule has 0 heterocycles. The van der Waals surface area contributed by atoms with Crippen LogP contribution in [0.2, 0.25) is 0 Å². The zero-order valence-electron chi connectivity index (χ0n) is 15.8. The molecule has 0 atom stereocenters. The third kappa shape index (κ3) is 28.5. The summed E-state index contributed by atoms with van der Waals surface area (Å²) in [4.78, 5) is 0. The second-order valence-electron chi connectivity index (χ2n) is 5.06. The van der Waals surface area contributed by atoms with Gasteiger partial charge in [0, 0.05) is 0 Å². The molecule has 0 radical (unpaired) electrons. The molecule has 0 amide bonds. The molecule has 0 spiro atoms. The van der Waals surface area contributed by atoms with E-state index in [1.807, 2.05) is 0 Å². The summed E-state index contributed by atoms with van der Waals surface area (Å²) >= 11 is 1.27. The Balaban J connectivity index is -0.000000279. The summed E-state index contributed by atoms with van der Waals surface area (Å²) in [5.41, 5.74) is 1.65. The van der Waals surface area contributed by atoms with Crippen LogP contribution >= 0.6 is 0 Å². The van der Waals surface area contributed by atoms with Crippen molar-refractivity contribution in [3.8, 4) is 0 Å². The Labute approximate surface area is 170 Å². The van der Waals surface area contributed by atoms with Crippen LogP contribution in [0.3, 0.4) is 0 Å². The number of allylic oxidation sites excluding steroid dienone is 4. The van der Waals surface area contributed by atoms with Gasteiger partial charge in [0.05, 0.1) is 0 Å². The molecule has 0 aromatic rings. The zero-order valence-corrected chi connectivity index (χ0v) is 19.4. The number of unbranched alkanes of at least 4 members (excludes halogenated alkanes) is 1. The number of rotatable bonds is 9. The molecule has 4 heteroatoms. The first kappa shape index (κ1) is 29.2. The summed E-state index contributed by atoms with van der Waals surface area (Å²) in [7, 11) is 0. The first-order valence-electron chi connectivity index (χ1n) is 8.76. The fraction of sp³-hybridized carbons (Fsp3) is 0.524. The van der Waals surface area contributed by atoms with Crippen LogP contribution in [0.1, 0.15) is 51.9 Å². The molecule has 1 rings (SSSR count). The van der Waals surface area contributed by atoms with Crippen molar-refractivity contribution >= 4 is 0 Å². The first-order valence-corrected chi connectivity index (χ1v) is 10.6. The predicted octanol–water partition coefficient (Wildman–Crippen LogP) is 2.71. The summed E-state index contributed by atoms with van der Waals surface area (Å²) in [5, 5.41) is 28.4. The Morgan fingerprint density at radius 2 is 1.40 bits per heavy atom. The van der Waals surface area contributed by atoms with Crippen LogP contribution in [-0.4, -0.2) is 19.8 Å². The molecule has 0 saturated heterocycles.